The van der Waals surface area contributed by atoms with E-state index in [0.29, 0.717) is 17.9 Å². The summed E-state index contributed by atoms with van der Waals surface area (Å²) in [5.74, 6) is -1.14. The third-order valence-electron chi connectivity index (χ3n) is 3.06. The number of ether oxygens (including phenoxy) is 1. The Morgan fingerprint density at radius 3 is 2.68 bits per heavy atom. The van der Waals surface area contributed by atoms with Crippen molar-refractivity contribution in [3.05, 3.63) is 51.9 Å². The van der Waals surface area contributed by atoms with E-state index in [2.05, 4.69) is 10.3 Å². The van der Waals surface area contributed by atoms with Crippen LogP contribution in [0.15, 0.2) is 29.1 Å². The zero-order valence-electron chi connectivity index (χ0n) is 12.4. The van der Waals surface area contributed by atoms with Crippen LogP contribution in [-0.4, -0.2) is 16.6 Å². The number of halogens is 2. The predicted molar refractivity (Wildman–Crippen MR) is 79.0 cm³/mol. The first-order valence-corrected chi connectivity index (χ1v) is 6.91. The molecule has 0 bridgehead atoms. The van der Waals surface area contributed by atoms with Crippen LogP contribution < -0.4 is 15.7 Å². The normalized spacial score (nSPS) is 10.5. The lowest BCUT2D eigenvalue weighted by Gasteiger charge is -2.12. The fourth-order valence-electron chi connectivity index (χ4n) is 1.99. The maximum atomic E-state index is 13.1. The summed E-state index contributed by atoms with van der Waals surface area (Å²) in [5, 5.41) is 2.91. The Hall–Kier alpha value is -2.44. The second kappa shape index (κ2) is 7.02. The lowest BCUT2D eigenvalue weighted by Crippen LogP contribution is -2.25. The number of nitrogens with zero attached hydrogens (tertiary/aromatic N) is 2. The van der Waals surface area contributed by atoms with E-state index >= 15 is 0 Å². The first kappa shape index (κ1) is 15.9. The molecule has 0 aliphatic rings. The van der Waals surface area contributed by atoms with Gasteiger partial charge in [0.2, 0.25) is 5.88 Å². The summed E-state index contributed by atoms with van der Waals surface area (Å²) in [7, 11) is 1.69. The highest BCUT2D eigenvalue weighted by Crippen LogP contribution is 2.15. The van der Waals surface area contributed by atoms with Crippen LogP contribution in [0.2, 0.25) is 0 Å². The molecule has 2 aromatic rings. The minimum atomic E-state index is -0.941. The molecule has 0 aliphatic carbocycles. The number of benzene rings is 1. The topological polar surface area (TPSA) is 56.1 Å². The second-order valence-electron chi connectivity index (χ2n) is 4.70. The van der Waals surface area contributed by atoms with Crippen molar-refractivity contribution < 1.29 is 13.5 Å². The fraction of sp³-hybridized carbons (Fsp3) is 0.333. The average Bonchev–Trinajstić information content (AvgIpc) is 2.50. The van der Waals surface area contributed by atoms with Gasteiger partial charge in [0.25, 0.3) is 0 Å². The third-order valence-corrected chi connectivity index (χ3v) is 3.06. The Morgan fingerprint density at radius 1 is 1.27 bits per heavy atom. The molecule has 0 fully saturated rings. The lowest BCUT2D eigenvalue weighted by atomic mass is 10.2. The number of rotatable bonds is 6. The number of hydrogen-bond donors (Lipinski definition) is 1. The van der Waals surface area contributed by atoms with Gasteiger partial charge in [-0.1, -0.05) is 13.0 Å². The van der Waals surface area contributed by atoms with E-state index in [-0.39, 0.29) is 12.5 Å². The molecule has 1 N–H and O–H groups in total. The highest BCUT2D eigenvalue weighted by molar-refractivity contribution is 5.38. The lowest BCUT2D eigenvalue weighted by molar-refractivity contribution is 0.290. The van der Waals surface area contributed by atoms with Crippen molar-refractivity contribution in [3.63, 3.8) is 0 Å². The zero-order chi connectivity index (χ0) is 16.1. The molecule has 7 heteroatoms. The van der Waals surface area contributed by atoms with Crippen LogP contribution in [0, 0.1) is 11.6 Å². The highest BCUT2D eigenvalue weighted by atomic mass is 19.2. The molecule has 0 saturated carbocycles. The molecule has 0 unspecified atom stereocenters. The molecule has 1 aromatic carbocycles. The van der Waals surface area contributed by atoms with Crippen LogP contribution in [0.5, 0.6) is 5.88 Å². The molecule has 0 saturated heterocycles. The van der Waals surface area contributed by atoms with Gasteiger partial charge < -0.3 is 10.1 Å². The molecule has 0 atom stereocenters. The van der Waals surface area contributed by atoms with E-state index in [1.165, 1.54) is 10.6 Å². The van der Waals surface area contributed by atoms with E-state index in [9.17, 15) is 13.6 Å². The van der Waals surface area contributed by atoms with Crippen molar-refractivity contribution in [3.8, 4) is 5.88 Å². The molecular weight excluding hydrogens is 292 g/mol. The molecule has 22 heavy (non-hydrogen) atoms. The summed E-state index contributed by atoms with van der Waals surface area (Å²) in [6.45, 7) is 2.50. The standard InChI is InChI=1S/C15H17F2N3O2/c1-3-6-20-13(18-2)8-14(19-15(20)21)22-9-10-4-5-11(16)12(17)7-10/h4-5,7-8,18H,3,6,9H2,1-2H3. The van der Waals surface area contributed by atoms with Crippen molar-refractivity contribution in [1.82, 2.24) is 9.55 Å². The van der Waals surface area contributed by atoms with Gasteiger partial charge in [0.1, 0.15) is 12.4 Å². The van der Waals surface area contributed by atoms with E-state index in [0.717, 1.165) is 18.6 Å². The van der Waals surface area contributed by atoms with Crippen LogP contribution in [0.4, 0.5) is 14.6 Å². The van der Waals surface area contributed by atoms with Gasteiger partial charge in [-0.05, 0) is 24.1 Å². The van der Waals surface area contributed by atoms with Crippen LogP contribution in [0.1, 0.15) is 18.9 Å². The maximum Gasteiger partial charge on any atom is 0.352 e. The zero-order valence-corrected chi connectivity index (χ0v) is 12.4. The molecule has 118 valence electrons. The second-order valence-corrected chi connectivity index (χ2v) is 4.70. The van der Waals surface area contributed by atoms with Gasteiger partial charge in [0, 0.05) is 19.7 Å². The van der Waals surface area contributed by atoms with Gasteiger partial charge in [0.15, 0.2) is 11.6 Å². The van der Waals surface area contributed by atoms with Gasteiger partial charge in [-0.3, -0.25) is 4.57 Å². The molecular formula is C15H17F2N3O2. The predicted octanol–water partition coefficient (Wildman–Crippen LogP) is 2.55. The van der Waals surface area contributed by atoms with Crippen molar-refractivity contribution in [2.75, 3.05) is 12.4 Å². The van der Waals surface area contributed by atoms with E-state index in [4.69, 9.17) is 4.74 Å². The van der Waals surface area contributed by atoms with E-state index in [1.807, 2.05) is 6.92 Å². The molecule has 2 rings (SSSR count). The maximum absolute atomic E-state index is 13.1. The third kappa shape index (κ3) is 3.60. The largest absolute Gasteiger partial charge is 0.473 e. The number of anilines is 1. The van der Waals surface area contributed by atoms with E-state index in [1.54, 1.807) is 13.1 Å². The summed E-state index contributed by atoms with van der Waals surface area (Å²) < 4.78 is 32.9. The molecule has 0 amide bonds. The van der Waals surface area contributed by atoms with Gasteiger partial charge in [-0.2, -0.15) is 4.98 Å². The molecule has 1 heterocycles. The Labute approximate surface area is 126 Å². The first-order valence-electron chi connectivity index (χ1n) is 6.91. The van der Waals surface area contributed by atoms with Crippen LogP contribution >= 0.6 is 0 Å². The Balaban J connectivity index is 2.17. The minimum absolute atomic E-state index is 0.00934. The van der Waals surface area contributed by atoms with Crippen molar-refractivity contribution in [2.24, 2.45) is 0 Å². The van der Waals surface area contributed by atoms with Crippen LogP contribution in [0.25, 0.3) is 0 Å². The molecule has 5 nitrogen and oxygen atoms in total. The quantitative estimate of drug-likeness (QED) is 0.891. The Morgan fingerprint density at radius 2 is 2.05 bits per heavy atom. The van der Waals surface area contributed by atoms with Crippen molar-refractivity contribution >= 4 is 5.82 Å². The molecule has 0 aliphatic heterocycles. The molecule has 1 aromatic heterocycles. The SMILES string of the molecule is CCCn1c(NC)cc(OCc2ccc(F)c(F)c2)nc1=O. The number of nitrogens with one attached hydrogen (secondary N) is 1. The fourth-order valence-corrected chi connectivity index (χ4v) is 1.99. The number of aromatic nitrogens is 2. The summed E-state index contributed by atoms with van der Waals surface area (Å²) >= 11 is 0. The average molecular weight is 309 g/mol. The van der Waals surface area contributed by atoms with Crippen molar-refractivity contribution in [2.45, 2.75) is 26.5 Å². The monoisotopic (exact) mass is 309 g/mol. The Kier molecular flexibility index (Phi) is 5.08. The van der Waals surface area contributed by atoms with E-state index < -0.39 is 17.3 Å². The summed E-state index contributed by atoms with van der Waals surface area (Å²) in [6, 6.07) is 5.08. The smallest absolute Gasteiger partial charge is 0.352 e. The van der Waals surface area contributed by atoms with Crippen molar-refractivity contribution in [1.29, 1.82) is 0 Å². The summed E-state index contributed by atoms with van der Waals surface area (Å²) in [6.07, 6.45) is 0.797. The molecule has 0 spiro atoms. The summed E-state index contributed by atoms with van der Waals surface area (Å²) in [5.41, 5.74) is 0.0263. The van der Waals surface area contributed by atoms with Crippen LogP contribution in [0.3, 0.4) is 0 Å². The highest BCUT2D eigenvalue weighted by Gasteiger charge is 2.08. The summed E-state index contributed by atoms with van der Waals surface area (Å²) in [4.78, 5) is 15.8. The van der Waals surface area contributed by atoms with Gasteiger partial charge in [0.05, 0.1) is 0 Å². The van der Waals surface area contributed by atoms with Gasteiger partial charge >= 0.3 is 5.69 Å². The molecule has 0 radical (unpaired) electrons. The first-order chi connectivity index (χ1) is 10.5. The van der Waals surface area contributed by atoms with Gasteiger partial charge in [-0.25, -0.2) is 13.6 Å². The van der Waals surface area contributed by atoms with Crippen LogP contribution in [-0.2, 0) is 13.2 Å². The number of hydrogen-bond acceptors (Lipinski definition) is 4. The minimum Gasteiger partial charge on any atom is -0.473 e. The van der Waals surface area contributed by atoms with Gasteiger partial charge in [-0.15, -0.1) is 0 Å². The Bertz CT molecular complexity index is 716.